The van der Waals surface area contributed by atoms with Gasteiger partial charge in [-0.15, -0.1) is 12.4 Å². The number of nitrogens with two attached hydrogens (primary N) is 1. The fraction of sp³-hybridized carbons (Fsp3) is 0.500. The molecule has 7 heteroatoms. The van der Waals surface area contributed by atoms with E-state index in [0.29, 0.717) is 18.8 Å². The van der Waals surface area contributed by atoms with E-state index in [4.69, 9.17) is 10.5 Å². The maximum Gasteiger partial charge on any atom is 0.253 e. The first-order valence-electron chi connectivity index (χ1n) is 7.45. The number of benzene rings is 1. The second-order valence-corrected chi connectivity index (χ2v) is 6.10. The molecular formula is C16H24ClN3O3. The Morgan fingerprint density at radius 2 is 2.13 bits per heavy atom. The Balaban J connectivity index is 0.00000264. The number of amides is 2. The van der Waals surface area contributed by atoms with Gasteiger partial charge < -0.3 is 21.1 Å². The molecule has 2 amide bonds. The third kappa shape index (κ3) is 5.82. The van der Waals surface area contributed by atoms with Gasteiger partial charge in [-0.05, 0) is 44.4 Å². The molecule has 1 unspecified atom stereocenters. The first-order valence-corrected chi connectivity index (χ1v) is 7.45. The predicted molar refractivity (Wildman–Crippen MR) is 91.4 cm³/mol. The third-order valence-electron chi connectivity index (χ3n) is 3.45. The molecule has 1 aliphatic heterocycles. The molecule has 4 N–H and O–H groups in total. The molecule has 0 bridgehead atoms. The van der Waals surface area contributed by atoms with E-state index in [-0.39, 0.29) is 30.3 Å². The highest BCUT2D eigenvalue weighted by Crippen LogP contribution is 2.16. The zero-order valence-electron chi connectivity index (χ0n) is 13.4. The number of rotatable bonds is 5. The first-order chi connectivity index (χ1) is 10.4. The molecule has 0 saturated carbocycles. The smallest absolute Gasteiger partial charge is 0.253 e. The van der Waals surface area contributed by atoms with E-state index in [9.17, 15) is 9.59 Å². The second kappa shape index (κ2) is 8.29. The maximum absolute atomic E-state index is 12.0. The van der Waals surface area contributed by atoms with Gasteiger partial charge in [0.1, 0.15) is 6.10 Å². The molecule has 128 valence electrons. The van der Waals surface area contributed by atoms with Crippen molar-refractivity contribution >= 4 is 29.9 Å². The van der Waals surface area contributed by atoms with E-state index in [1.807, 2.05) is 24.3 Å². The van der Waals surface area contributed by atoms with Gasteiger partial charge in [0, 0.05) is 18.8 Å². The Labute approximate surface area is 142 Å². The summed E-state index contributed by atoms with van der Waals surface area (Å²) in [6, 6.07) is 7.35. The number of anilines is 1. The maximum atomic E-state index is 12.0. The van der Waals surface area contributed by atoms with Crippen molar-refractivity contribution in [3.05, 3.63) is 29.8 Å². The summed E-state index contributed by atoms with van der Waals surface area (Å²) in [5, 5.41) is 5.61. The largest absolute Gasteiger partial charge is 0.368 e. The van der Waals surface area contributed by atoms with E-state index < -0.39 is 5.54 Å². The summed E-state index contributed by atoms with van der Waals surface area (Å²) < 4.78 is 5.35. The number of carbonyl (C=O) groups excluding carboxylic acids is 2. The number of carbonyl (C=O) groups is 2. The van der Waals surface area contributed by atoms with Gasteiger partial charge in [-0.2, -0.15) is 0 Å². The van der Waals surface area contributed by atoms with Crippen molar-refractivity contribution in [2.45, 2.75) is 44.9 Å². The van der Waals surface area contributed by atoms with E-state index >= 15 is 0 Å². The average molecular weight is 342 g/mol. The SMILES string of the molecule is CC(C)(N)C(=O)NCc1cccc(NC(=O)C2CCCO2)c1.Cl. The Kier molecular flexibility index (Phi) is 7.00. The van der Waals surface area contributed by atoms with Crippen LogP contribution in [-0.4, -0.2) is 30.1 Å². The van der Waals surface area contributed by atoms with Crippen molar-refractivity contribution in [3.8, 4) is 0 Å². The summed E-state index contributed by atoms with van der Waals surface area (Å²) in [5.41, 5.74) is 6.40. The standard InChI is InChI=1S/C16H23N3O3.ClH/c1-16(2,17)15(21)18-10-11-5-3-6-12(9-11)19-14(20)13-7-4-8-22-13;/h3,5-6,9,13H,4,7-8,10,17H2,1-2H3,(H,18,21)(H,19,20);1H. The van der Waals surface area contributed by atoms with Crippen LogP contribution in [0.25, 0.3) is 0 Å². The van der Waals surface area contributed by atoms with E-state index in [1.165, 1.54) is 0 Å². The van der Waals surface area contributed by atoms with Gasteiger partial charge >= 0.3 is 0 Å². The number of halogens is 1. The number of hydrogen-bond acceptors (Lipinski definition) is 4. The number of ether oxygens (including phenoxy) is 1. The van der Waals surface area contributed by atoms with Crippen molar-refractivity contribution in [2.75, 3.05) is 11.9 Å². The molecule has 0 aromatic heterocycles. The fourth-order valence-corrected chi connectivity index (χ4v) is 2.18. The van der Waals surface area contributed by atoms with E-state index in [1.54, 1.807) is 13.8 Å². The molecule has 1 atom stereocenters. The van der Waals surface area contributed by atoms with Gasteiger partial charge in [0.05, 0.1) is 5.54 Å². The molecule has 23 heavy (non-hydrogen) atoms. The zero-order valence-corrected chi connectivity index (χ0v) is 14.2. The second-order valence-electron chi connectivity index (χ2n) is 6.10. The van der Waals surface area contributed by atoms with E-state index in [0.717, 1.165) is 18.4 Å². The molecule has 1 heterocycles. The molecule has 1 fully saturated rings. The highest BCUT2D eigenvalue weighted by atomic mass is 35.5. The van der Waals surface area contributed by atoms with Gasteiger partial charge in [-0.3, -0.25) is 9.59 Å². The van der Waals surface area contributed by atoms with Gasteiger partial charge in [-0.1, -0.05) is 12.1 Å². The molecule has 2 rings (SSSR count). The molecular weight excluding hydrogens is 318 g/mol. The van der Waals surface area contributed by atoms with Crippen LogP contribution >= 0.6 is 12.4 Å². The van der Waals surface area contributed by atoms with Crippen LogP contribution in [0.3, 0.4) is 0 Å². The lowest BCUT2D eigenvalue weighted by molar-refractivity contribution is -0.125. The summed E-state index contributed by atoms with van der Waals surface area (Å²) in [6.45, 7) is 4.31. The predicted octanol–water partition coefficient (Wildman–Crippen LogP) is 1.58. The van der Waals surface area contributed by atoms with Crippen LogP contribution in [0.1, 0.15) is 32.3 Å². The quantitative estimate of drug-likeness (QED) is 0.758. The minimum Gasteiger partial charge on any atom is -0.368 e. The Morgan fingerprint density at radius 3 is 2.74 bits per heavy atom. The van der Waals surface area contributed by atoms with Crippen molar-refractivity contribution in [1.82, 2.24) is 5.32 Å². The molecule has 1 aromatic rings. The van der Waals surface area contributed by atoms with Crippen LogP contribution < -0.4 is 16.4 Å². The van der Waals surface area contributed by atoms with Crippen LogP contribution in [0.4, 0.5) is 5.69 Å². The topological polar surface area (TPSA) is 93.5 Å². The van der Waals surface area contributed by atoms with Crippen LogP contribution in [0.2, 0.25) is 0 Å². The average Bonchev–Trinajstić information content (AvgIpc) is 2.98. The summed E-state index contributed by atoms with van der Waals surface area (Å²) in [6.07, 6.45) is 1.31. The molecule has 1 saturated heterocycles. The molecule has 1 aromatic carbocycles. The normalized spacial score (nSPS) is 17.3. The van der Waals surface area contributed by atoms with Gasteiger partial charge in [0.25, 0.3) is 5.91 Å². The van der Waals surface area contributed by atoms with Crippen molar-refractivity contribution < 1.29 is 14.3 Å². The number of hydrogen-bond donors (Lipinski definition) is 3. The molecule has 6 nitrogen and oxygen atoms in total. The third-order valence-corrected chi connectivity index (χ3v) is 3.45. The summed E-state index contributed by atoms with van der Waals surface area (Å²) in [5.74, 6) is -0.344. The molecule has 0 spiro atoms. The molecule has 1 aliphatic rings. The lowest BCUT2D eigenvalue weighted by Crippen LogP contribution is -2.48. The van der Waals surface area contributed by atoms with Gasteiger partial charge in [0.15, 0.2) is 0 Å². The van der Waals surface area contributed by atoms with Gasteiger partial charge in [-0.25, -0.2) is 0 Å². The first kappa shape index (κ1) is 19.4. The minimum atomic E-state index is -0.911. The molecule has 0 radical (unpaired) electrons. The Hall–Kier alpha value is -1.63. The monoisotopic (exact) mass is 341 g/mol. The van der Waals surface area contributed by atoms with Crippen molar-refractivity contribution in [1.29, 1.82) is 0 Å². The number of nitrogens with one attached hydrogen (secondary N) is 2. The lowest BCUT2D eigenvalue weighted by atomic mass is 10.1. The van der Waals surface area contributed by atoms with E-state index in [2.05, 4.69) is 10.6 Å². The highest BCUT2D eigenvalue weighted by molar-refractivity contribution is 5.94. The summed E-state index contributed by atoms with van der Waals surface area (Å²) in [7, 11) is 0. The van der Waals surface area contributed by atoms with Crippen LogP contribution in [0, 0.1) is 0 Å². The van der Waals surface area contributed by atoms with Crippen molar-refractivity contribution in [3.63, 3.8) is 0 Å². The summed E-state index contributed by atoms with van der Waals surface area (Å²) >= 11 is 0. The minimum absolute atomic E-state index is 0. The van der Waals surface area contributed by atoms with Gasteiger partial charge in [0.2, 0.25) is 5.91 Å². The zero-order chi connectivity index (χ0) is 16.2. The highest BCUT2D eigenvalue weighted by Gasteiger charge is 2.23. The Bertz CT molecular complexity index is 552. The Morgan fingerprint density at radius 1 is 1.39 bits per heavy atom. The summed E-state index contributed by atoms with van der Waals surface area (Å²) in [4.78, 5) is 23.8. The fourth-order valence-electron chi connectivity index (χ4n) is 2.18. The van der Waals surface area contributed by atoms with Crippen LogP contribution in [0.5, 0.6) is 0 Å². The van der Waals surface area contributed by atoms with Crippen molar-refractivity contribution in [2.24, 2.45) is 5.73 Å². The lowest BCUT2D eigenvalue weighted by Gasteiger charge is -2.18. The van der Waals surface area contributed by atoms with Crippen LogP contribution in [0.15, 0.2) is 24.3 Å². The molecule has 0 aliphatic carbocycles. The van der Waals surface area contributed by atoms with Crippen LogP contribution in [-0.2, 0) is 20.9 Å².